The van der Waals surface area contributed by atoms with Crippen molar-refractivity contribution in [3.05, 3.63) is 41.5 Å². The Bertz CT molecular complexity index is 729. The second-order valence-corrected chi connectivity index (χ2v) is 5.05. The van der Waals surface area contributed by atoms with Crippen LogP contribution in [-0.2, 0) is 12.7 Å². The van der Waals surface area contributed by atoms with Crippen LogP contribution in [0.5, 0.6) is 0 Å². The maximum atomic E-state index is 12.8. The number of benzene rings is 1. The van der Waals surface area contributed by atoms with Gasteiger partial charge in [-0.05, 0) is 31.0 Å². The van der Waals surface area contributed by atoms with Gasteiger partial charge in [-0.25, -0.2) is 9.67 Å². The number of alkyl halides is 3. The normalized spacial score (nSPS) is 17.6. The van der Waals surface area contributed by atoms with Gasteiger partial charge in [0.25, 0.3) is 0 Å². The van der Waals surface area contributed by atoms with Gasteiger partial charge < -0.3 is 5.32 Å². The van der Waals surface area contributed by atoms with Crippen molar-refractivity contribution >= 4 is 5.69 Å². The molecule has 0 saturated heterocycles. The fraction of sp³-hybridized carbons (Fsp3) is 0.357. The highest BCUT2D eigenvalue weighted by molar-refractivity contribution is 5.54. The van der Waals surface area contributed by atoms with Crippen molar-refractivity contribution in [1.82, 2.24) is 14.8 Å². The number of halogens is 3. The summed E-state index contributed by atoms with van der Waals surface area (Å²) in [6.45, 7) is 0.782. The van der Waals surface area contributed by atoms with E-state index in [0.29, 0.717) is 5.69 Å². The maximum Gasteiger partial charge on any atom is 0.417 e. The van der Waals surface area contributed by atoms with E-state index in [4.69, 9.17) is 5.26 Å². The Hall–Kier alpha value is -2.56. The van der Waals surface area contributed by atoms with Crippen LogP contribution in [0.3, 0.4) is 0 Å². The standard InChI is InChI=1S/C14H12F3N5/c15-14(16,17)11-4-3-10(6-9(11)7-18)21-12-2-1-5-22-13(12)19-8-20-22/h3-4,6,8,12,21H,1-2,5H2/t12-/m1/s1. The highest BCUT2D eigenvalue weighted by Gasteiger charge is 2.33. The van der Waals surface area contributed by atoms with Gasteiger partial charge in [0.2, 0.25) is 0 Å². The SMILES string of the molecule is N#Cc1cc(N[C@@H]2CCCn3ncnc32)ccc1C(F)(F)F. The number of nitriles is 1. The van der Waals surface area contributed by atoms with Crippen LogP contribution in [0.2, 0.25) is 0 Å². The Morgan fingerprint density at radius 3 is 2.91 bits per heavy atom. The minimum Gasteiger partial charge on any atom is -0.375 e. The average molecular weight is 307 g/mol. The van der Waals surface area contributed by atoms with Gasteiger partial charge in [0.05, 0.1) is 23.2 Å². The largest absolute Gasteiger partial charge is 0.417 e. The molecule has 2 aromatic rings. The van der Waals surface area contributed by atoms with Crippen LogP contribution in [0, 0.1) is 11.3 Å². The topological polar surface area (TPSA) is 66.5 Å². The van der Waals surface area contributed by atoms with E-state index in [1.807, 2.05) is 0 Å². The minimum absolute atomic E-state index is 0.125. The number of nitrogens with zero attached hydrogens (tertiary/aromatic N) is 4. The lowest BCUT2D eigenvalue weighted by molar-refractivity contribution is -0.137. The molecule has 1 aromatic heterocycles. The number of fused-ring (bicyclic) bond motifs is 1. The van der Waals surface area contributed by atoms with E-state index >= 15 is 0 Å². The molecule has 1 aliphatic heterocycles. The molecule has 0 saturated carbocycles. The first-order chi connectivity index (χ1) is 10.5. The van der Waals surface area contributed by atoms with Crippen LogP contribution in [-0.4, -0.2) is 14.8 Å². The van der Waals surface area contributed by atoms with Crippen molar-refractivity contribution in [2.24, 2.45) is 0 Å². The lowest BCUT2D eigenvalue weighted by atomic mass is 10.0. The number of rotatable bonds is 2. The summed E-state index contributed by atoms with van der Waals surface area (Å²) < 4.78 is 40.1. The van der Waals surface area contributed by atoms with Gasteiger partial charge in [-0.15, -0.1) is 0 Å². The van der Waals surface area contributed by atoms with E-state index in [-0.39, 0.29) is 6.04 Å². The van der Waals surface area contributed by atoms with Gasteiger partial charge in [0.1, 0.15) is 12.2 Å². The number of anilines is 1. The van der Waals surface area contributed by atoms with Crippen molar-refractivity contribution in [3.63, 3.8) is 0 Å². The first kappa shape index (κ1) is 14.4. The van der Waals surface area contributed by atoms with Crippen molar-refractivity contribution in [1.29, 1.82) is 5.26 Å². The van der Waals surface area contributed by atoms with Crippen molar-refractivity contribution < 1.29 is 13.2 Å². The van der Waals surface area contributed by atoms with Crippen LogP contribution in [0.4, 0.5) is 18.9 Å². The molecule has 1 aliphatic rings. The van der Waals surface area contributed by atoms with Crippen LogP contribution in [0.15, 0.2) is 24.5 Å². The Balaban J connectivity index is 1.88. The molecule has 0 unspecified atom stereocenters. The van der Waals surface area contributed by atoms with Crippen LogP contribution < -0.4 is 5.32 Å². The molecule has 0 fully saturated rings. The Morgan fingerprint density at radius 2 is 2.18 bits per heavy atom. The lowest BCUT2D eigenvalue weighted by Crippen LogP contribution is -2.22. The van der Waals surface area contributed by atoms with Crippen LogP contribution >= 0.6 is 0 Å². The maximum absolute atomic E-state index is 12.8. The number of hydrogen-bond donors (Lipinski definition) is 1. The molecule has 0 aliphatic carbocycles. The van der Waals surface area contributed by atoms with Gasteiger partial charge >= 0.3 is 6.18 Å². The van der Waals surface area contributed by atoms with E-state index in [1.165, 1.54) is 18.5 Å². The number of hydrogen-bond acceptors (Lipinski definition) is 4. The molecule has 22 heavy (non-hydrogen) atoms. The smallest absolute Gasteiger partial charge is 0.375 e. The van der Waals surface area contributed by atoms with Gasteiger partial charge in [-0.1, -0.05) is 0 Å². The highest BCUT2D eigenvalue weighted by atomic mass is 19.4. The van der Waals surface area contributed by atoms with E-state index in [2.05, 4.69) is 15.4 Å². The molecular weight excluding hydrogens is 295 g/mol. The predicted octanol–water partition coefficient (Wildman–Crippen LogP) is 3.12. The summed E-state index contributed by atoms with van der Waals surface area (Å²) >= 11 is 0. The molecule has 2 heterocycles. The third-order valence-corrected chi connectivity index (χ3v) is 3.61. The second-order valence-electron chi connectivity index (χ2n) is 5.05. The number of aromatic nitrogens is 3. The van der Waals surface area contributed by atoms with Gasteiger partial charge in [-0.2, -0.15) is 23.5 Å². The lowest BCUT2D eigenvalue weighted by Gasteiger charge is -2.24. The van der Waals surface area contributed by atoms with Crippen LogP contribution in [0.1, 0.15) is 35.8 Å². The van der Waals surface area contributed by atoms with Gasteiger partial charge in [0, 0.05) is 12.2 Å². The summed E-state index contributed by atoms with van der Waals surface area (Å²) in [5, 5.41) is 16.2. The molecular formula is C14H12F3N5. The average Bonchev–Trinajstić information content (AvgIpc) is 2.95. The summed E-state index contributed by atoms with van der Waals surface area (Å²) in [4.78, 5) is 4.18. The molecule has 0 amide bonds. The first-order valence-electron chi connectivity index (χ1n) is 6.74. The minimum atomic E-state index is -4.53. The molecule has 8 heteroatoms. The predicted molar refractivity (Wildman–Crippen MR) is 71.8 cm³/mol. The fourth-order valence-electron chi connectivity index (χ4n) is 2.60. The summed E-state index contributed by atoms with van der Waals surface area (Å²) in [5.41, 5.74) is -0.854. The van der Waals surface area contributed by atoms with Gasteiger partial charge in [0.15, 0.2) is 0 Å². The summed E-state index contributed by atoms with van der Waals surface area (Å²) in [6, 6.07) is 4.95. The monoisotopic (exact) mass is 307 g/mol. The van der Waals surface area contributed by atoms with Crippen LogP contribution in [0.25, 0.3) is 0 Å². The number of nitrogens with one attached hydrogen (secondary N) is 1. The second kappa shape index (κ2) is 5.33. The van der Waals surface area contributed by atoms with Gasteiger partial charge in [-0.3, -0.25) is 0 Å². The molecule has 0 radical (unpaired) electrons. The fourth-order valence-corrected chi connectivity index (χ4v) is 2.60. The zero-order valence-corrected chi connectivity index (χ0v) is 11.4. The zero-order valence-electron chi connectivity index (χ0n) is 11.4. The Labute approximate surface area is 124 Å². The Morgan fingerprint density at radius 1 is 1.36 bits per heavy atom. The molecule has 1 atom stereocenters. The van der Waals surface area contributed by atoms with Crippen molar-refractivity contribution in [3.8, 4) is 6.07 Å². The molecule has 3 rings (SSSR count). The zero-order chi connectivity index (χ0) is 15.7. The first-order valence-corrected chi connectivity index (χ1v) is 6.74. The molecule has 1 N–H and O–H groups in total. The Kier molecular flexibility index (Phi) is 3.48. The van der Waals surface area contributed by atoms with Crippen molar-refractivity contribution in [2.45, 2.75) is 31.6 Å². The molecule has 114 valence electrons. The summed E-state index contributed by atoms with van der Waals surface area (Å²) in [7, 11) is 0. The molecule has 0 bridgehead atoms. The van der Waals surface area contributed by atoms with E-state index in [9.17, 15) is 13.2 Å². The molecule has 1 aromatic carbocycles. The molecule has 5 nitrogen and oxygen atoms in total. The summed E-state index contributed by atoms with van der Waals surface area (Å²) in [5.74, 6) is 0.754. The quantitative estimate of drug-likeness (QED) is 0.925. The van der Waals surface area contributed by atoms with E-state index in [1.54, 1.807) is 10.8 Å². The summed E-state index contributed by atoms with van der Waals surface area (Å²) in [6.07, 6.45) is -1.36. The van der Waals surface area contributed by atoms with E-state index in [0.717, 1.165) is 31.3 Å². The van der Waals surface area contributed by atoms with E-state index < -0.39 is 17.3 Å². The van der Waals surface area contributed by atoms with Crippen molar-refractivity contribution in [2.75, 3.05) is 5.32 Å². The number of aryl methyl sites for hydroxylation is 1. The third-order valence-electron chi connectivity index (χ3n) is 3.61. The highest BCUT2D eigenvalue weighted by Crippen LogP contribution is 2.34. The third kappa shape index (κ3) is 2.62. The molecule has 0 spiro atoms.